The van der Waals surface area contributed by atoms with Gasteiger partial charge in [-0.3, -0.25) is 9.89 Å². The van der Waals surface area contributed by atoms with Crippen molar-refractivity contribution in [2.45, 2.75) is 51.6 Å². The Hall–Kier alpha value is -1.14. The van der Waals surface area contributed by atoms with Crippen molar-refractivity contribution in [3.05, 3.63) is 15.6 Å². The number of hydrogen-bond donors (Lipinski definition) is 2. The normalized spacial score (nSPS) is 23.0. The van der Waals surface area contributed by atoms with Crippen LogP contribution in [0.3, 0.4) is 0 Å². The maximum atomic E-state index is 4.48. The molecule has 0 aromatic carbocycles. The molecule has 5 nitrogen and oxygen atoms in total. The van der Waals surface area contributed by atoms with Crippen LogP contribution in [0.15, 0.2) is 4.99 Å². The lowest BCUT2D eigenvalue weighted by molar-refractivity contribution is 0.321. The number of aromatic nitrogens is 1. The van der Waals surface area contributed by atoms with Crippen LogP contribution in [0.5, 0.6) is 0 Å². The minimum Gasteiger partial charge on any atom is -0.356 e. The molecular formula is C16H27N5S. The van der Waals surface area contributed by atoms with Gasteiger partial charge in [0.2, 0.25) is 0 Å². The van der Waals surface area contributed by atoms with E-state index >= 15 is 0 Å². The Labute approximate surface area is 137 Å². The molecule has 1 aromatic rings. The molecule has 6 heteroatoms. The first-order valence-electron chi connectivity index (χ1n) is 8.30. The Morgan fingerprint density at radius 3 is 2.82 bits per heavy atom. The molecule has 1 aliphatic carbocycles. The van der Waals surface area contributed by atoms with E-state index in [1.54, 1.807) is 11.3 Å². The van der Waals surface area contributed by atoms with Gasteiger partial charge in [-0.25, -0.2) is 4.98 Å². The third kappa shape index (κ3) is 3.98. The first-order valence-corrected chi connectivity index (χ1v) is 9.11. The number of nitrogens with one attached hydrogen (secondary N) is 2. The minimum absolute atomic E-state index is 0.541. The Bertz CT molecular complexity index is 535. The molecule has 0 spiro atoms. The van der Waals surface area contributed by atoms with Gasteiger partial charge in [-0.15, -0.1) is 11.3 Å². The van der Waals surface area contributed by atoms with Crippen molar-refractivity contribution in [2.24, 2.45) is 4.99 Å². The summed E-state index contributed by atoms with van der Waals surface area (Å²) >= 11 is 1.80. The SMILES string of the molecule is CN=C(NCCc1sc(C)nc1C)NC1CCN(C2CC2)C1. The van der Waals surface area contributed by atoms with Crippen LogP contribution >= 0.6 is 11.3 Å². The molecule has 1 aromatic heterocycles. The van der Waals surface area contributed by atoms with Gasteiger partial charge in [0.15, 0.2) is 5.96 Å². The Morgan fingerprint density at radius 2 is 2.18 bits per heavy atom. The molecule has 22 heavy (non-hydrogen) atoms. The van der Waals surface area contributed by atoms with E-state index < -0.39 is 0 Å². The predicted octanol–water partition coefficient (Wildman–Crippen LogP) is 1.70. The molecule has 2 N–H and O–H groups in total. The van der Waals surface area contributed by atoms with Gasteiger partial charge in [0.05, 0.1) is 10.7 Å². The van der Waals surface area contributed by atoms with Crippen LogP contribution in [0.4, 0.5) is 0 Å². The monoisotopic (exact) mass is 321 g/mol. The van der Waals surface area contributed by atoms with Crippen molar-refractivity contribution in [1.29, 1.82) is 0 Å². The quantitative estimate of drug-likeness (QED) is 0.640. The lowest BCUT2D eigenvalue weighted by atomic mass is 10.2. The number of aryl methyl sites for hydroxylation is 2. The average molecular weight is 321 g/mol. The third-order valence-corrected chi connectivity index (χ3v) is 5.62. The summed E-state index contributed by atoms with van der Waals surface area (Å²) in [5, 5.41) is 8.16. The molecule has 0 amide bonds. The average Bonchev–Trinajstić information content (AvgIpc) is 3.16. The van der Waals surface area contributed by atoms with Crippen molar-refractivity contribution in [1.82, 2.24) is 20.5 Å². The molecule has 2 aliphatic rings. The first kappa shape index (κ1) is 15.7. The third-order valence-electron chi connectivity index (χ3n) is 4.49. The summed E-state index contributed by atoms with van der Waals surface area (Å²) in [6.07, 6.45) is 5.03. The van der Waals surface area contributed by atoms with Crippen molar-refractivity contribution in [3.8, 4) is 0 Å². The lowest BCUT2D eigenvalue weighted by Crippen LogP contribution is -2.45. The van der Waals surface area contributed by atoms with Crippen LogP contribution in [-0.4, -0.2) is 54.6 Å². The molecule has 1 saturated heterocycles. The number of likely N-dealkylation sites (tertiary alicyclic amines) is 1. The zero-order chi connectivity index (χ0) is 15.5. The van der Waals surface area contributed by atoms with Gasteiger partial charge in [0, 0.05) is 50.1 Å². The standard InChI is InChI=1S/C16H27N5S/c1-11-15(22-12(2)19-11)6-8-18-16(17-3)20-13-7-9-21(10-13)14-4-5-14/h13-14H,4-10H2,1-3H3,(H2,17,18,20). The van der Waals surface area contributed by atoms with E-state index in [0.29, 0.717) is 6.04 Å². The number of aliphatic imine (C=N–C) groups is 1. The van der Waals surface area contributed by atoms with Crippen molar-refractivity contribution in [3.63, 3.8) is 0 Å². The molecule has 2 heterocycles. The van der Waals surface area contributed by atoms with Crippen LogP contribution < -0.4 is 10.6 Å². The molecule has 1 saturated carbocycles. The van der Waals surface area contributed by atoms with E-state index in [4.69, 9.17) is 0 Å². The number of guanidine groups is 1. The highest BCUT2D eigenvalue weighted by Crippen LogP contribution is 2.29. The fraction of sp³-hybridized carbons (Fsp3) is 0.750. The molecule has 1 atom stereocenters. The fourth-order valence-corrected chi connectivity index (χ4v) is 4.10. The lowest BCUT2D eigenvalue weighted by Gasteiger charge is -2.18. The van der Waals surface area contributed by atoms with E-state index in [0.717, 1.165) is 30.0 Å². The van der Waals surface area contributed by atoms with E-state index in [1.165, 1.54) is 42.9 Å². The fourth-order valence-electron chi connectivity index (χ4n) is 3.16. The summed E-state index contributed by atoms with van der Waals surface area (Å²) in [6, 6.07) is 1.42. The summed E-state index contributed by atoms with van der Waals surface area (Å²) in [4.78, 5) is 12.8. The van der Waals surface area contributed by atoms with Gasteiger partial charge in [-0.1, -0.05) is 0 Å². The van der Waals surface area contributed by atoms with Gasteiger partial charge >= 0.3 is 0 Å². The van der Waals surface area contributed by atoms with Gasteiger partial charge in [-0.05, 0) is 33.1 Å². The summed E-state index contributed by atoms with van der Waals surface area (Å²) in [5.74, 6) is 0.932. The largest absolute Gasteiger partial charge is 0.356 e. The number of hydrogen-bond acceptors (Lipinski definition) is 4. The van der Waals surface area contributed by atoms with E-state index in [-0.39, 0.29) is 0 Å². The summed E-state index contributed by atoms with van der Waals surface area (Å²) < 4.78 is 0. The Morgan fingerprint density at radius 1 is 1.36 bits per heavy atom. The Kier molecular flexibility index (Phi) is 4.98. The van der Waals surface area contributed by atoms with Crippen LogP contribution in [0.1, 0.15) is 34.8 Å². The predicted molar refractivity (Wildman–Crippen MR) is 92.8 cm³/mol. The highest BCUT2D eigenvalue weighted by molar-refractivity contribution is 7.11. The smallest absolute Gasteiger partial charge is 0.191 e. The summed E-state index contributed by atoms with van der Waals surface area (Å²) in [7, 11) is 1.85. The van der Waals surface area contributed by atoms with Crippen LogP contribution in [0.2, 0.25) is 0 Å². The number of nitrogens with zero attached hydrogens (tertiary/aromatic N) is 3. The highest BCUT2D eigenvalue weighted by Gasteiger charge is 2.34. The molecule has 122 valence electrons. The summed E-state index contributed by atoms with van der Waals surface area (Å²) in [5.41, 5.74) is 1.17. The number of rotatable bonds is 5. The van der Waals surface area contributed by atoms with E-state index in [2.05, 4.69) is 39.4 Å². The van der Waals surface area contributed by atoms with Gasteiger partial charge in [-0.2, -0.15) is 0 Å². The van der Waals surface area contributed by atoms with Crippen LogP contribution in [-0.2, 0) is 6.42 Å². The molecule has 2 fully saturated rings. The summed E-state index contributed by atoms with van der Waals surface area (Å²) in [6.45, 7) is 7.47. The molecular weight excluding hydrogens is 294 g/mol. The second-order valence-corrected chi connectivity index (χ2v) is 7.63. The maximum Gasteiger partial charge on any atom is 0.191 e. The van der Waals surface area contributed by atoms with E-state index in [9.17, 15) is 0 Å². The topological polar surface area (TPSA) is 52.6 Å². The first-order chi connectivity index (χ1) is 10.7. The molecule has 0 bridgehead atoms. The minimum atomic E-state index is 0.541. The van der Waals surface area contributed by atoms with Crippen molar-refractivity contribution < 1.29 is 0 Å². The second-order valence-electron chi connectivity index (χ2n) is 6.35. The van der Waals surface area contributed by atoms with Gasteiger partial charge in [0.25, 0.3) is 0 Å². The zero-order valence-corrected chi connectivity index (χ0v) is 14.7. The molecule has 1 unspecified atom stereocenters. The van der Waals surface area contributed by atoms with Crippen LogP contribution in [0.25, 0.3) is 0 Å². The van der Waals surface area contributed by atoms with Crippen LogP contribution in [0, 0.1) is 13.8 Å². The zero-order valence-electron chi connectivity index (χ0n) is 13.9. The molecule has 1 aliphatic heterocycles. The van der Waals surface area contributed by atoms with E-state index in [1.807, 2.05) is 7.05 Å². The number of thiazole rings is 1. The van der Waals surface area contributed by atoms with Gasteiger partial charge in [0.1, 0.15) is 0 Å². The van der Waals surface area contributed by atoms with Gasteiger partial charge < -0.3 is 10.6 Å². The van der Waals surface area contributed by atoms with Crippen molar-refractivity contribution in [2.75, 3.05) is 26.7 Å². The molecule has 3 rings (SSSR count). The Balaban J connectivity index is 1.41. The highest BCUT2D eigenvalue weighted by atomic mass is 32.1. The maximum absolute atomic E-state index is 4.48. The van der Waals surface area contributed by atoms with Crippen molar-refractivity contribution >= 4 is 17.3 Å². The second kappa shape index (κ2) is 6.96. The molecule has 0 radical (unpaired) electrons.